The summed E-state index contributed by atoms with van der Waals surface area (Å²) < 4.78 is 26.0. The first-order valence-corrected chi connectivity index (χ1v) is 4.98. The second-order valence-corrected chi connectivity index (χ2v) is 3.88. The van der Waals surface area contributed by atoms with Gasteiger partial charge in [-0.3, -0.25) is 9.59 Å². The molecule has 1 saturated carbocycles. The molecule has 0 aromatic heterocycles. The number of carboxylic acids is 1. The topological polar surface area (TPSA) is 66.4 Å². The number of carboxylic acid groups (broad SMARTS) is 1. The van der Waals surface area contributed by atoms with Crippen molar-refractivity contribution in [1.82, 2.24) is 0 Å². The summed E-state index contributed by atoms with van der Waals surface area (Å²) in [5.41, 5.74) is -0.272. The van der Waals surface area contributed by atoms with Gasteiger partial charge in [0.1, 0.15) is 0 Å². The number of halogens is 2. The van der Waals surface area contributed by atoms with E-state index in [2.05, 4.69) is 5.32 Å². The van der Waals surface area contributed by atoms with Gasteiger partial charge in [-0.05, 0) is 18.6 Å². The van der Waals surface area contributed by atoms with E-state index >= 15 is 0 Å². The smallest absolute Gasteiger partial charge is 0.307 e. The fourth-order valence-corrected chi connectivity index (χ4v) is 1.58. The molecule has 4 nitrogen and oxygen atoms in total. The summed E-state index contributed by atoms with van der Waals surface area (Å²) in [6.07, 6.45) is 0.234. The Morgan fingerprint density at radius 3 is 2.59 bits per heavy atom. The van der Waals surface area contributed by atoms with Crippen molar-refractivity contribution in [3.8, 4) is 0 Å². The fraction of sp³-hybridized carbons (Fsp3) is 0.273. The summed E-state index contributed by atoms with van der Waals surface area (Å²) in [4.78, 5) is 22.0. The Kier molecular flexibility index (Phi) is 2.79. The van der Waals surface area contributed by atoms with E-state index in [4.69, 9.17) is 5.11 Å². The zero-order valence-corrected chi connectivity index (χ0v) is 8.61. The number of carbonyl (C=O) groups excluding carboxylic acids is 1. The molecule has 0 radical (unpaired) electrons. The van der Waals surface area contributed by atoms with Gasteiger partial charge in [0.25, 0.3) is 0 Å². The number of benzene rings is 1. The van der Waals surface area contributed by atoms with Crippen LogP contribution in [0.4, 0.5) is 14.5 Å². The van der Waals surface area contributed by atoms with Gasteiger partial charge in [-0.15, -0.1) is 0 Å². The number of hydrogen-bond acceptors (Lipinski definition) is 2. The molecule has 0 unspecified atom stereocenters. The van der Waals surface area contributed by atoms with E-state index in [1.54, 1.807) is 0 Å². The lowest BCUT2D eigenvalue weighted by Crippen LogP contribution is -2.17. The zero-order valence-electron chi connectivity index (χ0n) is 8.61. The summed E-state index contributed by atoms with van der Waals surface area (Å²) in [5, 5.41) is 10.8. The van der Waals surface area contributed by atoms with Crippen molar-refractivity contribution < 1.29 is 23.5 Å². The molecular weight excluding hydrogens is 232 g/mol. The number of amides is 1. The van der Waals surface area contributed by atoms with Gasteiger partial charge in [0.15, 0.2) is 11.6 Å². The van der Waals surface area contributed by atoms with Crippen LogP contribution in [0, 0.1) is 23.5 Å². The minimum atomic E-state index is -1.15. The summed E-state index contributed by atoms with van der Waals surface area (Å²) >= 11 is 0. The maximum absolute atomic E-state index is 13.2. The van der Waals surface area contributed by atoms with Gasteiger partial charge >= 0.3 is 5.97 Å². The van der Waals surface area contributed by atoms with E-state index in [1.807, 2.05) is 0 Å². The van der Waals surface area contributed by atoms with Gasteiger partial charge in [0.05, 0.1) is 17.5 Å². The fourth-order valence-electron chi connectivity index (χ4n) is 1.58. The highest BCUT2D eigenvalue weighted by atomic mass is 19.2. The van der Waals surface area contributed by atoms with Crippen molar-refractivity contribution in [2.24, 2.45) is 11.8 Å². The normalized spacial score (nSPS) is 22.0. The van der Waals surface area contributed by atoms with Crippen LogP contribution in [0.5, 0.6) is 0 Å². The summed E-state index contributed by atoms with van der Waals surface area (Å²) in [7, 11) is 0. The Bertz CT molecular complexity index is 490. The van der Waals surface area contributed by atoms with Gasteiger partial charge in [-0.2, -0.15) is 0 Å². The maximum atomic E-state index is 13.2. The van der Waals surface area contributed by atoms with Crippen LogP contribution < -0.4 is 5.32 Å². The van der Waals surface area contributed by atoms with E-state index in [0.717, 1.165) is 6.07 Å². The van der Waals surface area contributed by atoms with Crippen molar-refractivity contribution >= 4 is 17.6 Å². The van der Waals surface area contributed by atoms with Gasteiger partial charge in [-0.1, -0.05) is 6.07 Å². The van der Waals surface area contributed by atoms with Gasteiger partial charge in [-0.25, -0.2) is 8.78 Å². The molecule has 2 atom stereocenters. The predicted molar refractivity (Wildman–Crippen MR) is 54.2 cm³/mol. The third-order valence-corrected chi connectivity index (χ3v) is 2.65. The largest absolute Gasteiger partial charge is 0.481 e. The van der Waals surface area contributed by atoms with Crippen LogP contribution in [0.25, 0.3) is 0 Å². The summed E-state index contributed by atoms with van der Waals surface area (Å²) in [5.74, 6) is -5.23. The SMILES string of the molecule is O=C(O)[C@H]1C[C@H]1C(=O)Nc1cccc(F)c1F. The minimum Gasteiger partial charge on any atom is -0.481 e. The highest BCUT2D eigenvalue weighted by Crippen LogP contribution is 2.39. The van der Waals surface area contributed by atoms with Crippen molar-refractivity contribution in [2.45, 2.75) is 6.42 Å². The molecule has 0 aliphatic heterocycles. The zero-order chi connectivity index (χ0) is 12.6. The lowest BCUT2D eigenvalue weighted by atomic mass is 10.2. The Morgan fingerprint density at radius 2 is 2.00 bits per heavy atom. The van der Waals surface area contributed by atoms with Gasteiger partial charge in [0, 0.05) is 0 Å². The molecule has 1 aromatic carbocycles. The summed E-state index contributed by atoms with van der Waals surface area (Å²) in [6, 6.07) is 3.41. The average molecular weight is 241 g/mol. The quantitative estimate of drug-likeness (QED) is 0.845. The van der Waals surface area contributed by atoms with E-state index in [0.29, 0.717) is 0 Å². The highest BCUT2D eigenvalue weighted by Gasteiger charge is 2.48. The Balaban J connectivity index is 2.05. The number of rotatable bonds is 3. The standard InChI is InChI=1S/C11H9F2NO3/c12-7-2-1-3-8(9(7)13)14-10(15)5-4-6(5)11(16)17/h1-3,5-6H,4H2,(H,14,15)(H,16,17)/t5-,6+/m1/s1. The molecule has 1 amide bonds. The molecule has 90 valence electrons. The lowest BCUT2D eigenvalue weighted by Gasteiger charge is -2.05. The molecule has 0 heterocycles. The van der Waals surface area contributed by atoms with Crippen molar-refractivity contribution in [1.29, 1.82) is 0 Å². The number of hydrogen-bond donors (Lipinski definition) is 2. The molecule has 1 fully saturated rings. The number of carbonyl (C=O) groups is 2. The first-order chi connectivity index (χ1) is 8.00. The highest BCUT2D eigenvalue weighted by molar-refractivity contribution is 5.98. The van der Waals surface area contributed by atoms with E-state index in [-0.39, 0.29) is 12.1 Å². The van der Waals surface area contributed by atoms with Crippen LogP contribution in [-0.4, -0.2) is 17.0 Å². The van der Waals surface area contributed by atoms with Crippen LogP contribution in [0.1, 0.15) is 6.42 Å². The van der Waals surface area contributed by atoms with Crippen LogP contribution >= 0.6 is 0 Å². The van der Waals surface area contributed by atoms with E-state index in [1.165, 1.54) is 12.1 Å². The average Bonchev–Trinajstić information content (AvgIpc) is 3.04. The van der Waals surface area contributed by atoms with Crippen molar-refractivity contribution in [3.63, 3.8) is 0 Å². The third kappa shape index (κ3) is 2.25. The lowest BCUT2D eigenvalue weighted by molar-refractivity contribution is -0.139. The first-order valence-electron chi connectivity index (χ1n) is 4.98. The third-order valence-electron chi connectivity index (χ3n) is 2.65. The second kappa shape index (κ2) is 4.12. The molecule has 1 aliphatic rings. The molecule has 0 spiro atoms. The van der Waals surface area contributed by atoms with Crippen LogP contribution in [-0.2, 0) is 9.59 Å². The predicted octanol–water partition coefficient (Wildman–Crippen LogP) is 1.62. The van der Waals surface area contributed by atoms with Crippen LogP contribution in [0.3, 0.4) is 0 Å². The van der Waals surface area contributed by atoms with Crippen LogP contribution in [0.2, 0.25) is 0 Å². The molecule has 0 bridgehead atoms. The Hall–Kier alpha value is -1.98. The number of nitrogens with one attached hydrogen (secondary N) is 1. The Morgan fingerprint density at radius 1 is 1.29 bits per heavy atom. The summed E-state index contributed by atoms with van der Waals surface area (Å²) in [6.45, 7) is 0. The van der Waals surface area contributed by atoms with E-state index in [9.17, 15) is 18.4 Å². The monoisotopic (exact) mass is 241 g/mol. The van der Waals surface area contributed by atoms with E-state index < -0.39 is 35.3 Å². The molecule has 0 saturated heterocycles. The van der Waals surface area contributed by atoms with Gasteiger partial charge < -0.3 is 10.4 Å². The van der Waals surface area contributed by atoms with Crippen LogP contribution in [0.15, 0.2) is 18.2 Å². The number of aliphatic carboxylic acids is 1. The molecular formula is C11H9F2NO3. The van der Waals surface area contributed by atoms with Gasteiger partial charge in [0.2, 0.25) is 5.91 Å². The molecule has 2 rings (SSSR count). The first kappa shape index (κ1) is 11.5. The Labute approximate surface area is 95.2 Å². The van der Waals surface area contributed by atoms with Crippen molar-refractivity contribution in [2.75, 3.05) is 5.32 Å². The number of anilines is 1. The molecule has 2 N–H and O–H groups in total. The molecule has 1 aromatic rings. The molecule has 1 aliphatic carbocycles. The van der Waals surface area contributed by atoms with Crippen molar-refractivity contribution in [3.05, 3.63) is 29.8 Å². The second-order valence-electron chi connectivity index (χ2n) is 3.88. The minimum absolute atomic E-state index is 0.234. The maximum Gasteiger partial charge on any atom is 0.307 e. The molecule has 6 heteroatoms. The molecule has 17 heavy (non-hydrogen) atoms.